The lowest BCUT2D eigenvalue weighted by Gasteiger charge is -2.31. The van der Waals surface area contributed by atoms with E-state index in [9.17, 15) is 4.79 Å². The molecule has 3 heteroatoms. The van der Waals surface area contributed by atoms with Crippen molar-refractivity contribution in [2.75, 3.05) is 11.4 Å². The summed E-state index contributed by atoms with van der Waals surface area (Å²) < 4.78 is 0. The number of rotatable bonds is 1. The number of hydrogen-bond acceptors (Lipinski definition) is 2. The van der Waals surface area contributed by atoms with Crippen LogP contribution in [0.2, 0.25) is 0 Å². The second kappa shape index (κ2) is 5.41. The van der Waals surface area contributed by atoms with Gasteiger partial charge in [-0.2, -0.15) is 5.26 Å². The van der Waals surface area contributed by atoms with Crippen LogP contribution in [0.4, 0.5) is 5.69 Å². The largest absolute Gasteiger partial charge is 0.308 e. The topological polar surface area (TPSA) is 44.1 Å². The molecule has 0 fully saturated rings. The second-order valence-corrected chi connectivity index (χ2v) is 5.33. The highest BCUT2D eigenvalue weighted by Gasteiger charge is 2.24. The molecule has 0 unspecified atom stereocenters. The number of amides is 1. The van der Waals surface area contributed by atoms with Gasteiger partial charge in [-0.05, 0) is 55.2 Å². The summed E-state index contributed by atoms with van der Waals surface area (Å²) in [6.07, 6.45) is 2.01. The van der Waals surface area contributed by atoms with Crippen molar-refractivity contribution in [1.82, 2.24) is 0 Å². The highest BCUT2D eigenvalue weighted by Crippen LogP contribution is 2.31. The fourth-order valence-corrected chi connectivity index (χ4v) is 2.89. The molecular weight excluding hydrogens is 260 g/mol. The molecule has 3 nitrogen and oxygen atoms in total. The van der Waals surface area contributed by atoms with E-state index in [0.717, 1.165) is 30.6 Å². The molecule has 104 valence electrons. The Bertz CT molecular complexity index is 726. The first-order chi connectivity index (χ1) is 10.2. The summed E-state index contributed by atoms with van der Waals surface area (Å²) >= 11 is 0. The van der Waals surface area contributed by atoms with E-state index in [-0.39, 0.29) is 5.91 Å². The molecule has 1 aliphatic rings. The standard InChI is InChI=1S/C18H16N2O/c1-13-4-2-5-15-6-3-11-20(17(13)15)18(21)16-9-7-14(12-19)8-10-16/h2,4-5,7-10H,3,6,11H2,1H3. The van der Waals surface area contributed by atoms with Gasteiger partial charge in [0.25, 0.3) is 5.91 Å². The van der Waals surface area contributed by atoms with Crippen LogP contribution in [-0.2, 0) is 6.42 Å². The average Bonchev–Trinajstić information content (AvgIpc) is 2.54. The van der Waals surface area contributed by atoms with E-state index < -0.39 is 0 Å². The van der Waals surface area contributed by atoms with Crippen LogP contribution < -0.4 is 4.90 Å². The minimum atomic E-state index is 0.00902. The third kappa shape index (κ3) is 2.41. The number of nitrogens with zero attached hydrogens (tertiary/aromatic N) is 2. The van der Waals surface area contributed by atoms with Gasteiger partial charge in [0.05, 0.1) is 17.3 Å². The summed E-state index contributed by atoms with van der Waals surface area (Å²) in [5.74, 6) is 0.00902. The average molecular weight is 276 g/mol. The first kappa shape index (κ1) is 13.4. The summed E-state index contributed by atoms with van der Waals surface area (Å²) in [5, 5.41) is 8.84. The van der Waals surface area contributed by atoms with E-state index in [2.05, 4.69) is 12.1 Å². The molecule has 0 saturated heterocycles. The highest BCUT2D eigenvalue weighted by atomic mass is 16.2. The van der Waals surface area contributed by atoms with Crippen molar-refractivity contribution in [3.63, 3.8) is 0 Å². The first-order valence-corrected chi connectivity index (χ1v) is 7.11. The number of para-hydroxylation sites is 1. The van der Waals surface area contributed by atoms with Crippen LogP contribution in [0.1, 0.15) is 33.5 Å². The molecule has 1 aliphatic heterocycles. The van der Waals surface area contributed by atoms with Gasteiger partial charge < -0.3 is 4.90 Å². The Kier molecular flexibility index (Phi) is 3.45. The molecule has 21 heavy (non-hydrogen) atoms. The SMILES string of the molecule is Cc1cccc2c1N(C(=O)c1ccc(C#N)cc1)CCC2. The van der Waals surface area contributed by atoms with Gasteiger partial charge in [0, 0.05) is 12.1 Å². The quantitative estimate of drug-likeness (QED) is 0.800. The van der Waals surface area contributed by atoms with E-state index >= 15 is 0 Å². The molecule has 0 atom stereocenters. The van der Waals surface area contributed by atoms with Gasteiger partial charge in [-0.25, -0.2) is 0 Å². The molecule has 0 spiro atoms. The Morgan fingerprint density at radius 2 is 1.95 bits per heavy atom. The first-order valence-electron chi connectivity index (χ1n) is 7.11. The van der Waals surface area contributed by atoms with Crippen molar-refractivity contribution in [3.8, 4) is 6.07 Å². The molecule has 2 aromatic rings. The summed E-state index contributed by atoms with van der Waals surface area (Å²) in [6, 6.07) is 15.1. The van der Waals surface area contributed by atoms with Gasteiger partial charge >= 0.3 is 0 Å². The van der Waals surface area contributed by atoms with E-state index in [1.54, 1.807) is 24.3 Å². The van der Waals surface area contributed by atoms with E-state index in [1.165, 1.54) is 5.56 Å². The Morgan fingerprint density at radius 1 is 1.19 bits per heavy atom. The number of hydrogen-bond donors (Lipinski definition) is 0. The van der Waals surface area contributed by atoms with Crippen molar-refractivity contribution in [2.45, 2.75) is 19.8 Å². The van der Waals surface area contributed by atoms with Crippen molar-refractivity contribution in [2.24, 2.45) is 0 Å². The van der Waals surface area contributed by atoms with Crippen LogP contribution in [0.5, 0.6) is 0 Å². The molecule has 0 bridgehead atoms. The summed E-state index contributed by atoms with van der Waals surface area (Å²) in [5.41, 5.74) is 4.63. The van der Waals surface area contributed by atoms with Gasteiger partial charge in [-0.1, -0.05) is 18.2 Å². The van der Waals surface area contributed by atoms with Crippen LogP contribution >= 0.6 is 0 Å². The van der Waals surface area contributed by atoms with E-state index in [4.69, 9.17) is 5.26 Å². The Morgan fingerprint density at radius 3 is 2.67 bits per heavy atom. The predicted molar refractivity (Wildman–Crippen MR) is 82.3 cm³/mol. The van der Waals surface area contributed by atoms with Crippen LogP contribution in [0, 0.1) is 18.3 Å². The van der Waals surface area contributed by atoms with Gasteiger partial charge in [0.1, 0.15) is 0 Å². The van der Waals surface area contributed by atoms with E-state index in [1.807, 2.05) is 24.0 Å². The van der Waals surface area contributed by atoms with Crippen LogP contribution in [0.15, 0.2) is 42.5 Å². The Hall–Kier alpha value is -2.60. The summed E-state index contributed by atoms with van der Waals surface area (Å²) in [7, 11) is 0. The summed E-state index contributed by atoms with van der Waals surface area (Å²) in [4.78, 5) is 14.6. The van der Waals surface area contributed by atoms with Crippen molar-refractivity contribution >= 4 is 11.6 Å². The van der Waals surface area contributed by atoms with Gasteiger partial charge in [-0.3, -0.25) is 4.79 Å². The highest BCUT2D eigenvalue weighted by molar-refractivity contribution is 6.07. The smallest absolute Gasteiger partial charge is 0.258 e. The number of carbonyl (C=O) groups is 1. The molecular formula is C18H16N2O. The molecule has 0 aromatic heterocycles. The molecule has 1 heterocycles. The zero-order valence-corrected chi connectivity index (χ0v) is 12.0. The molecule has 2 aromatic carbocycles. The fourth-order valence-electron chi connectivity index (χ4n) is 2.89. The predicted octanol–water partition coefficient (Wildman–Crippen LogP) is 3.46. The number of aryl methyl sites for hydroxylation is 2. The minimum absolute atomic E-state index is 0.00902. The maximum atomic E-state index is 12.8. The normalized spacial score (nSPS) is 13.4. The number of anilines is 1. The Balaban J connectivity index is 1.98. The van der Waals surface area contributed by atoms with Crippen molar-refractivity contribution in [1.29, 1.82) is 5.26 Å². The monoisotopic (exact) mass is 276 g/mol. The number of fused-ring (bicyclic) bond motifs is 1. The third-order valence-electron chi connectivity index (χ3n) is 3.93. The minimum Gasteiger partial charge on any atom is -0.308 e. The number of carbonyl (C=O) groups excluding carboxylic acids is 1. The zero-order chi connectivity index (χ0) is 14.8. The molecule has 0 N–H and O–H groups in total. The molecule has 0 aliphatic carbocycles. The number of nitriles is 1. The lowest BCUT2D eigenvalue weighted by molar-refractivity contribution is 0.0985. The maximum absolute atomic E-state index is 12.8. The Labute approximate surface area is 124 Å². The van der Waals surface area contributed by atoms with Crippen LogP contribution in [0.25, 0.3) is 0 Å². The lowest BCUT2D eigenvalue weighted by atomic mass is 9.97. The van der Waals surface area contributed by atoms with E-state index in [0.29, 0.717) is 11.1 Å². The van der Waals surface area contributed by atoms with Crippen molar-refractivity contribution < 1.29 is 4.79 Å². The fraction of sp³-hybridized carbons (Fsp3) is 0.222. The lowest BCUT2D eigenvalue weighted by Crippen LogP contribution is -2.36. The number of benzene rings is 2. The van der Waals surface area contributed by atoms with Gasteiger partial charge in [0.2, 0.25) is 0 Å². The summed E-state index contributed by atoms with van der Waals surface area (Å²) in [6.45, 7) is 2.79. The molecule has 0 radical (unpaired) electrons. The second-order valence-electron chi connectivity index (χ2n) is 5.33. The van der Waals surface area contributed by atoms with Crippen LogP contribution in [0.3, 0.4) is 0 Å². The zero-order valence-electron chi connectivity index (χ0n) is 12.0. The third-order valence-corrected chi connectivity index (χ3v) is 3.93. The van der Waals surface area contributed by atoms with Crippen molar-refractivity contribution in [3.05, 3.63) is 64.7 Å². The maximum Gasteiger partial charge on any atom is 0.258 e. The van der Waals surface area contributed by atoms with Crippen LogP contribution in [-0.4, -0.2) is 12.5 Å². The molecule has 3 rings (SSSR count). The van der Waals surface area contributed by atoms with Gasteiger partial charge in [0.15, 0.2) is 0 Å². The molecule has 0 saturated carbocycles. The molecule has 1 amide bonds. The van der Waals surface area contributed by atoms with Gasteiger partial charge in [-0.15, -0.1) is 0 Å².